The Balaban J connectivity index is 1.46. The zero-order chi connectivity index (χ0) is 18.1. The molecule has 0 fully saturated rings. The van der Waals surface area contributed by atoms with E-state index in [4.69, 9.17) is 4.74 Å². The number of nitrogens with zero attached hydrogens (tertiary/aromatic N) is 3. The first-order chi connectivity index (χ1) is 12.6. The summed E-state index contributed by atoms with van der Waals surface area (Å²) in [5, 5.41) is 7.35. The average molecular weight is 354 g/mol. The molecule has 0 radical (unpaired) electrons. The SMILES string of the molecule is CN(C)C(=O)c1n[nH]c2c1CN(C[C@@H]1CCOc3ccccc3C1)CC2. The Kier molecular flexibility index (Phi) is 4.68. The van der Waals surface area contributed by atoms with E-state index in [2.05, 4.69) is 33.3 Å². The molecule has 0 unspecified atom stereocenters. The number of rotatable bonds is 3. The van der Waals surface area contributed by atoms with E-state index in [1.165, 1.54) is 5.56 Å². The van der Waals surface area contributed by atoms with Gasteiger partial charge in [0.05, 0.1) is 6.61 Å². The smallest absolute Gasteiger partial charge is 0.274 e. The lowest BCUT2D eigenvalue weighted by Crippen LogP contribution is -2.36. The Morgan fingerprint density at radius 1 is 1.38 bits per heavy atom. The van der Waals surface area contributed by atoms with Crippen LogP contribution in [-0.4, -0.2) is 59.7 Å². The maximum atomic E-state index is 12.4. The van der Waals surface area contributed by atoms with Crippen LogP contribution in [0.1, 0.15) is 33.7 Å². The molecule has 0 bridgehead atoms. The van der Waals surface area contributed by atoms with Crippen molar-refractivity contribution in [3.63, 3.8) is 0 Å². The summed E-state index contributed by atoms with van der Waals surface area (Å²) in [4.78, 5) is 16.4. The molecule has 4 rings (SSSR count). The highest BCUT2D eigenvalue weighted by Gasteiger charge is 2.28. The van der Waals surface area contributed by atoms with Gasteiger partial charge in [0.2, 0.25) is 0 Å². The third kappa shape index (κ3) is 3.33. The molecule has 2 aliphatic rings. The van der Waals surface area contributed by atoms with Crippen LogP contribution in [0.5, 0.6) is 5.75 Å². The van der Waals surface area contributed by atoms with Gasteiger partial charge in [-0.15, -0.1) is 0 Å². The first-order valence-corrected chi connectivity index (χ1v) is 9.32. The molecule has 6 heteroatoms. The summed E-state index contributed by atoms with van der Waals surface area (Å²) >= 11 is 0. The summed E-state index contributed by atoms with van der Waals surface area (Å²) in [6.45, 7) is 3.60. The molecule has 1 amide bonds. The summed E-state index contributed by atoms with van der Waals surface area (Å²) in [6.07, 6.45) is 3.03. The molecule has 0 saturated carbocycles. The highest BCUT2D eigenvalue weighted by molar-refractivity contribution is 5.93. The maximum absolute atomic E-state index is 12.4. The van der Waals surface area contributed by atoms with E-state index < -0.39 is 0 Å². The van der Waals surface area contributed by atoms with Gasteiger partial charge in [0.1, 0.15) is 5.75 Å². The topological polar surface area (TPSA) is 61.5 Å². The van der Waals surface area contributed by atoms with Crippen molar-refractivity contribution in [2.24, 2.45) is 5.92 Å². The second kappa shape index (κ2) is 7.11. The summed E-state index contributed by atoms with van der Waals surface area (Å²) in [5.74, 6) is 1.57. The Morgan fingerprint density at radius 2 is 2.23 bits per heavy atom. The Labute approximate surface area is 154 Å². The third-order valence-corrected chi connectivity index (χ3v) is 5.40. The molecule has 138 valence electrons. The van der Waals surface area contributed by atoms with Crippen molar-refractivity contribution in [3.05, 3.63) is 46.8 Å². The van der Waals surface area contributed by atoms with Crippen LogP contribution in [0.4, 0.5) is 0 Å². The number of aromatic amines is 1. The molecule has 1 aromatic heterocycles. The zero-order valence-electron chi connectivity index (χ0n) is 15.5. The molecule has 6 nitrogen and oxygen atoms in total. The number of aromatic nitrogens is 2. The van der Waals surface area contributed by atoms with Crippen LogP contribution in [0.3, 0.4) is 0 Å². The van der Waals surface area contributed by atoms with Gasteiger partial charge in [-0.25, -0.2) is 0 Å². The summed E-state index contributed by atoms with van der Waals surface area (Å²) in [5.41, 5.74) is 4.06. The molecule has 0 saturated heterocycles. The molecule has 2 aromatic rings. The minimum absolute atomic E-state index is 0.0267. The van der Waals surface area contributed by atoms with Gasteiger partial charge in [-0.2, -0.15) is 5.10 Å². The first-order valence-electron chi connectivity index (χ1n) is 9.32. The van der Waals surface area contributed by atoms with Crippen LogP contribution in [-0.2, 0) is 19.4 Å². The van der Waals surface area contributed by atoms with Gasteiger partial charge in [0.15, 0.2) is 5.69 Å². The fraction of sp³-hybridized carbons (Fsp3) is 0.500. The van der Waals surface area contributed by atoms with Crippen LogP contribution >= 0.6 is 0 Å². The van der Waals surface area contributed by atoms with Crippen molar-refractivity contribution in [1.82, 2.24) is 20.0 Å². The van der Waals surface area contributed by atoms with Crippen molar-refractivity contribution >= 4 is 5.91 Å². The summed E-state index contributed by atoms with van der Waals surface area (Å²) in [6, 6.07) is 8.36. The summed E-state index contributed by atoms with van der Waals surface area (Å²) < 4.78 is 5.90. The van der Waals surface area contributed by atoms with E-state index in [0.717, 1.165) is 62.5 Å². The lowest BCUT2D eigenvalue weighted by molar-refractivity contribution is 0.0819. The lowest BCUT2D eigenvalue weighted by Gasteiger charge is -2.30. The van der Waals surface area contributed by atoms with Gasteiger partial charge >= 0.3 is 0 Å². The third-order valence-electron chi connectivity index (χ3n) is 5.40. The van der Waals surface area contributed by atoms with Gasteiger partial charge in [0.25, 0.3) is 5.91 Å². The number of ether oxygens (including phenoxy) is 1. The Bertz CT molecular complexity index is 799. The molecule has 0 aliphatic carbocycles. The number of nitrogens with one attached hydrogen (secondary N) is 1. The van der Waals surface area contributed by atoms with Crippen molar-refractivity contribution in [2.75, 3.05) is 33.8 Å². The van der Waals surface area contributed by atoms with Crippen molar-refractivity contribution in [1.29, 1.82) is 0 Å². The monoisotopic (exact) mass is 354 g/mol. The number of hydrogen-bond donors (Lipinski definition) is 1. The van der Waals surface area contributed by atoms with Crippen molar-refractivity contribution in [3.8, 4) is 5.75 Å². The molecule has 0 spiro atoms. The fourth-order valence-electron chi connectivity index (χ4n) is 3.98. The largest absolute Gasteiger partial charge is 0.493 e. The zero-order valence-corrected chi connectivity index (χ0v) is 15.5. The molecular formula is C20H26N4O2. The van der Waals surface area contributed by atoms with Crippen LogP contribution in [0.15, 0.2) is 24.3 Å². The predicted octanol–water partition coefficient (Wildman–Crippen LogP) is 2.11. The number of hydrogen-bond acceptors (Lipinski definition) is 4. The number of para-hydroxylation sites is 1. The number of carbonyl (C=O) groups is 1. The van der Waals surface area contributed by atoms with Gasteiger partial charge < -0.3 is 9.64 Å². The average Bonchev–Trinajstić information content (AvgIpc) is 2.94. The number of amides is 1. The number of carbonyl (C=O) groups excluding carboxylic acids is 1. The highest BCUT2D eigenvalue weighted by atomic mass is 16.5. The second-order valence-corrected chi connectivity index (χ2v) is 7.53. The van der Waals surface area contributed by atoms with Crippen LogP contribution in [0, 0.1) is 5.92 Å². The maximum Gasteiger partial charge on any atom is 0.274 e. The van der Waals surface area contributed by atoms with Gasteiger partial charge in [-0.3, -0.25) is 14.8 Å². The van der Waals surface area contributed by atoms with Crippen LogP contribution in [0.2, 0.25) is 0 Å². The van der Waals surface area contributed by atoms with E-state index in [0.29, 0.717) is 11.6 Å². The van der Waals surface area contributed by atoms with Crippen molar-refractivity contribution < 1.29 is 9.53 Å². The molecule has 1 atom stereocenters. The standard InChI is InChI=1S/C20H26N4O2/c1-23(2)20(25)19-16-13-24(9-7-17(16)21-22-19)12-14-8-10-26-18-6-4-3-5-15(18)11-14/h3-6,14H,7-13H2,1-2H3,(H,21,22)/t14-/m1/s1. The normalized spacial score (nSPS) is 19.8. The lowest BCUT2D eigenvalue weighted by atomic mass is 9.95. The number of fused-ring (bicyclic) bond motifs is 2. The fourth-order valence-corrected chi connectivity index (χ4v) is 3.98. The molecular weight excluding hydrogens is 328 g/mol. The molecule has 3 heterocycles. The van der Waals surface area contributed by atoms with Gasteiger partial charge in [0, 0.05) is 51.4 Å². The van der Waals surface area contributed by atoms with Crippen LogP contribution < -0.4 is 4.74 Å². The molecule has 2 aliphatic heterocycles. The van der Waals surface area contributed by atoms with E-state index >= 15 is 0 Å². The Morgan fingerprint density at radius 3 is 3.08 bits per heavy atom. The molecule has 26 heavy (non-hydrogen) atoms. The predicted molar refractivity (Wildman–Crippen MR) is 99.3 cm³/mol. The van der Waals surface area contributed by atoms with E-state index in [1.54, 1.807) is 19.0 Å². The number of benzene rings is 1. The second-order valence-electron chi connectivity index (χ2n) is 7.53. The van der Waals surface area contributed by atoms with Crippen LogP contribution in [0.25, 0.3) is 0 Å². The summed E-state index contributed by atoms with van der Waals surface area (Å²) in [7, 11) is 3.54. The van der Waals surface area contributed by atoms with Gasteiger partial charge in [-0.05, 0) is 30.4 Å². The van der Waals surface area contributed by atoms with E-state index in [-0.39, 0.29) is 5.91 Å². The molecule has 1 aromatic carbocycles. The van der Waals surface area contributed by atoms with E-state index in [1.807, 2.05) is 6.07 Å². The van der Waals surface area contributed by atoms with Crippen molar-refractivity contribution in [2.45, 2.75) is 25.8 Å². The molecule has 1 N–H and O–H groups in total. The van der Waals surface area contributed by atoms with Gasteiger partial charge in [-0.1, -0.05) is 18.2 Å². The van der Waals surface area contributed by atoms with E-state index in [9.17, 15) is 4.79 Å². The Hall–Kier alpha value is -2.34. The highest BCUT2D eigenvalue weighted by Crippen LogP contribution is 2.28. The minimum Gasteiger partial charge on any atom is -0.493 e. The minimum atomic E-state index is -0.0267. The quantitative estimate of drug-likeness (QED) is 0.917. The first kappa shape index (κ1) is 17.1. The number of H-pyrrole nitrogens is 1.